The highest BCUT2D eigenvalue weighted by molar-refractivity contribution is 7.16. The van der Waals surface area contributed by atoms with Gasteiger partial charge in [0, 0.05) is 30.1 Å². The van der Waals surface area contributed by atoms with Crippen LogP contribution < -0.4 is 0 Å². The summed E-state index contributed by atoms with van der Waals surface area (Å²) in [6.07, 6.45) is 1.86. The number of aromatic nitrogens is 3. The number of nitrogens with zero attached hydrogens (tertiary/aromatic N) is 4. The van der Waals surface area contributed by atoms with Gasteiger partial charge in [-0.15, -0.1) is 21.5 Å². The topological polar surface area (TPSA) is 59.0 Å². The number of rotatable bonds is 3. The molecular formula is C21H17FN4OS2. The number of hydrogen-bond acceptors (Lipinski definition) is 6. The molecule has 0 spiro atoms. The molecule has 1 amide bonds. The number of carbonyl (C=O) groups excluding carboxylic acids is 1. The molecule has 2 aromatic carbocycles. The monoisotopic (exact) mass is 424 g/mol. The van der Waals surface area contributed by atoms with Crippen LogP contribution in [0.15, 0.2) is 48.0 Å². The summed E-state index contributed by atoms with van der Waals surface area (Å²) in [7, 11) is 0. The Morgan fingerprint density at radius 1 is 1.17 bits per heavy atom. The van der Waals surface area contributed by atoms with Crippen molar-refractivity contribution in [2.75, 3.05) is 13.1 Å². The Morgan fingerprint density at radius 3 is 2.97 bits per heavy atom. The van der Waals surface area contributed by atoms with E-state index >= 15 is 0 Å². The molecule has 1 aliphatic heterocycles. The van der Waals surface area contributed by atoms with Crippen LogP contribution in [-0.4, -0.2) is 39.1 Å². The van der Waals surface area contributed by atoms with Gasteiger partial charge in [0.05, 0.1) is 15.7 Å². The third-order valence-electron chi connectivity index (χ3n) is 5.18. The van der Waals surface area contributed by atoms with Crippen LogP contribution in [0.3, 0.4) is 0 Å². The number of fused-ring (bicyclic) bond motifs is 1. The average molecular weight is 425 g/mol. The van der Waals surface area contributed by atoms with Crippen LogP contribution in [0.5, 0.6) is 0 Å². The Balaban J connectivity index is 1.35. The fourth-order valence-corrected chi connectivity index (χ4v) is 5.39. The van der Waals surface area contributed by atoms with Crippen molar-refractivity contribution in [1.29, 1.82) is 0 Å². The van der Waals surface area contributed by atoms with Crippen molar-refractivity contribution in [2.24, 2.45) is 0 Å². The normalized spacial score (nSPS) is 17.0. The summed E-state index contributed by atoms with van der Waals surface area (Å²) in [5.74, 6) is -0.143. The molecule has 29 heavy (non-hydrogen) atoms. The predicted octanol–water partition coefficient (Wildman–Crippen LogP) is 4.97. The largest absolute Gasteiger partial charge is 0.338 e. The highest BCUT2D eigenvalue weighted by Gasteiger charge is 2.28. The quantitative estimate of drug-likeness (QED) is 0.466. The lowest BCUT2D eigenvalue weighted by Crippen LogP contribution is -2.39. The molecule has 0 N–H and O–H groups in total. The molecule has 2 aromatic heterocycles. The highest BCUT2D eigenvalue weighted by atomic mass is 32.1. The Kier molecular flexibility index (Phi) is 4.81. The second-order valence-corrected chi connectivity index (χ2v) is 8.95. The van der Waals surface area contributed by atoms with Crippen LogP contribution in [0.4, 0.5) is 4.39 Å². The number of hydrogen-bond donors (Lipinski definition) is 0. The van der Waals surface area contributed by atoms with Crippen molar-refractivity contribution in [1.82, 2.24) is 20.1 Å². The zero-order valence-corrected chi connectivity index (χ0v) is 17.0. The summed E-state index contributed by atoms with van der Waals surface area (Å²) >= 11 is 2.95. The molecule has 146 valence electrons. The van der Waals surface area contributed by atoms with E-state index in [9.17, 15) is 9.18 Å². The summed E-state index contributed by atoms with van der Waals surface area (Å²) in [5, 5.41) is 9.95. The van der Waals surface area contributed by atoms with Gasteiger partial charge in [0.1, 0.15) is 10.8 Å². The first kappa shape index (κ1) is 18.3. The molecule has 5 nitrogen and oxygen atoms in total. The van der Waals surface area contributed by atoms with Gasteiger partial charge in [0.15, 0.2) is 5.01 Å². The van der Waals surface area contributed by atoms with Gasteiger partial charge in [-0.2, -0.15) is 0 Å². The first-order valence-corrected chi connectivity index (χ1v) is 11.1. The number of likely N-dealkylation sites (tertiary alicyclic amines) is 1. The second-order valence-electron chi connectivity index (χ2n) is 7.05. The molecule has 1 saturated heterocycles. The molecule has 3 heterocycles. The van der Waals surface area contributed by atoms with Crippen LogP contribution in [0.25, 0.3) is 20.8 Å². The van der Waals surface area contributed by atoms with E-state index in [0.29, 0.717) is 22.7 Å². The van der Waals surface area contributed by atoms with Crippen molar-refractivity contribution in [2.45, 2.75) is 18.8 Å². The third-order valence-corrected chi connectivity index (χ3v) is 7.09. The lowest BCUT2D eigenvalue weighted by atomic mass is 9.98. The predicted molar refractivity (Wildman–Crippen MR) is 113 cm³/mol. The van der Waals surface area contributed by atoms with Crippen LogP contribution in [-0.2, 0) is 0 Å². The Bertz CT molecular complexity index is 1190. The Hall–Kier alpha value is -2.71. The maximum absolute atomic E-state index is 14.1. The molecule has 8 heteroatoms. The van der Waals surface area contributed by atoms with Gasteiger partial charge >= 0.3 is 0 Å². The minimum atomic E-state index is -0.297. The van der Waals surface area contributed by atoms with Gasteiger partial charge in [-0.25, -0.2) is 9.37 Å². The first-order valence-electron chi connectivity index (χ1n) is 9.40. The minimum Gasteiger partial charge on any atom is -0.338 e. The SMILES string of the molecule is O=C(c1ccc2ncsc2c1)N1CCC[C@@H](c2nnc(-c3ccccc3F)s2)C1. The highest BCUT2D eigenvalue weighted by Crippen LogP contribution is 2.34. The standard InChI is InChI=1S/C21H17FN4OS2/c22-16-6-2-1-5-15(16)20-25-24-19(29-20)14-4-3-9-26(11-14)21(27)13-7-8-17-18(10-13)28-12-23-17/h1-2,5-8,10,12,14H,3-4,9,11H2/t14-/m1/s1. The van der Waals surface area contributed by atoms with E-state index < -0.39 is 0 Å². The van der Waals surface area contributed by atoms with Crippen molar-refractivity contribution >= 4 is 38.8 Å². The maximum Gasteiger partial charge on any atom is 0.253 e. The summed E-state index contributed by atoms with van der Waals surface area (Å²) in [6, 6.07) is 12.3. The number of amides is 1. The number of thiazole rings is 1. The summed E-state index contributed by atoms with van der Waals surface area (Å²) in [4.78, 5) is 19.2. The number of carbonyl (C=O) groups is 1. The molecule has 0 bridgehead atoms. The van der Waals surface area contributed by atoms with Crippen molar-refractivity contribution in [3.8, 4) is 10.6 Å². The van der Waals surface area contributed by atoms with Crippen LogP contribution in [0.2, 0.25) is 0 Å². The van der Waals surface area contributed by atoms with Crippen molar-refractivity contribution in [3.05, 3.63) is 64.4 Å². The molecule has 0 radical (unpaired) electrons. The Labute approximate surface area is 174 Å². The van der Waals surface area contributed by atoms with Crippen LogP contribution in [0.1, 0.15) is 34.1 Å². The van der Waals surface area contributed by atoms with E-state index in [1.54, 1.807) is 23.7 Å². The molecule has 0 saturated carbocycles. The zero-order chi connectivity index (χ0) is 19.8. The van der Waals surface area contributed by atoms with E-state index in [0.717, 1.165) is 34.6 Å². The van der Waals surface area contributed by atoms with Gasteiger partial charge in [0.25, 0.3) is 5.91 Å². The molecule has 5 rings (SSSR count). The maximum atomic E-state index is 14.1. The van der Waals surface area contributed by atoms with Crippen molar-refractivity contribution < 1.29 is 9.18 Å². The van der Waals surface area contributed by atoms with Gasteiger partial charge in [0.2, 0.25) is 0 Å². The Morgan fingerprint density at radius 2 is 2.07 bits per heavy atom. The fraction of sp³-hybridized carbons (Fsp3) is 0.238. The molecular weight excluding hydrogens is 407 g/mol. The minimum absolute atomic E-state index is 0.0313. The molecule has 0 unspecified atom stereocenters. The lowest BCUT2D eigenvalue weighted by molar-refractivity contribution is 0.0707. The van der Waals surface area contributed by atoms with Gasteiger partial charge in [-0.3, -0.25) is 4.79 Å². The van der Waals surface area contributed by atoms with Crippen molar-refractivity contribution in [3.63, 3.8) is 0 Å². The van der Waals surface area contributed by atoms with Gasteiger partial charge in [-0.05, 0) is 43.2 Å². The van der Waals surface area contributed by atoms with Gasteiger partial charge < -0.3 is 4.90 Å². The number of benzene rings is 2. The van der Waals surface area contributed by atoms with Crippen LogP contribution >= 0.6 is 22.7 Å². The smallest absolute Gasteiger partial charge is 0.253 e. The van der Waals surface area contributed by atoms with E-state index in [2.05, 4.69) is 15.2 Å². The number of halogens is 1. The summed E-state index contributed by atoms with van der Waals surface area (Å²) in [5.41, 5.74) is 3.86. The number of piperidine rings is 1. The molecule has 1 aliphatic rings. The third kappa shape index (κ3) is 3.54. The van der Waals surface area contributed by atoms with E-state index in [4.69, 9.17) is 0 Å². The lowest BCUT2D eigenvalue weighted by Gasteiger charge is -2.31. The van der Waals surface area contributed by atoms with Crippen LogP contribution in [0, 0.1) is 5.82 Å². The molecule has 0 aliphatic carbocycles. The summed E-state index contributed by atoms with van der Waals surface area (Å²) in [6.45, 7) is 1.33. The van der Waals surface area contributed by atoms with E-state index in [-0.39, 0.29) is 17.6 Å². The molecule has 4 aromatic rings. The van der Waals surface area contributed by atoms with Gasteiger partial charge in [-0.1, -0.05) is 23.5 Å². The average Bonchev–Trinajstić information content (AvgIpc) is 3.43. The fourth-order valence-electron chi connectivity index (χ4n) is 3.68. The summed E-state index contributed by atoms with van der Waals surface area (Å²) < 4.78 is 15.1. The molecule has 1 atom stereocenters. The van der Waals surface area contributed by atoms with E-state index in [1.165, 1.54) is 28.7 Å². The zero-order valence-electron chi connectivity index (χ0n) is 15.4. The molecule has 1 fully saturated rings. The van der Waals surface area contributed by atoms with E-state index in [1.807, 2.05) is 23.1 Å². The first-order chi connectivity index (χ1) is 14.2. The second kappa shape index (κ2) is 7.61.